The molecule has 0 bridgehead atoms. The fourth-order valence-corrected chi connectivity index (χ4v) is 1.98. The molecule has 1 aromatic heterocycles. The summed E-state index contributed by atoms with van der Waals surface area (Å²) < 4.78 is 0. The number of H-pyrrole nitrogens is 1. The lowest BCUT2D eigenvalue weighted by Crippen LogP contribution is -2.32. The number of carbonyl (C=O) groups is 1. The molecule has 0 unspecified atom stereocenters. The van der Waals surface area contributed by atoms with Crippen molar-refractivity contribution in [3.8, 4) is 12.3 Å². The first-order chi connectivity index (χ1) is 9.17. The highest BCUT2D eigenvalue weighted by atomic mass is 16.2. The van der Waals surface area contributed by atoms with Crippen LogP contribution in [0.2, 0.25) is 0 Å². The number of terminal acetylenes is 1. The Kier molecular flexibility index (Phi) is 3.71. The van der Waals surface area contributed by atoms with Gasteiger partial charge in [-0.15, -0.1) is 6.42 Å². The van der Waals surface area contributed by atoms with Gasteiger partial charge in [0.25, 0.3) is 5.91 Å². The van der Waals surface area contributed by atoms with E-state index in [0.29, 0.717) is 17.9 Å². The van der Waals surface area contributed by atoms with E-state index in [-0.39, 0.29) is 12.5 Å². The number of aromatic nitrogens is 2. The summed E-state index contributed by atoms with van der Waals surface area (Å²) in [5.41, 5.74) is 7.50. The Morgan fingerprint density at radius 1 is 1.58 bits per heavy atom. The summed E-state index contributed by atoms with van der Waals surface area (Å²) in [5, 5.41) is 7.64. The maximum Gasteiger partial charge on any atom is 0.275 e. The van der Waals surface area contributed by atoms with Gasteiger partial charge in [-0.2, -0.15) is 5.10 Å². The minimum absolute atomic E-state index is 0.170. The smallest absolute Gasteiger partial charge is 0.275 e. The largest absolute Gasteiger partial charge is 0.399 e. The van der Waals surface area contributed by atoms with Gasteiger partial charge in [0.15, 0.2) is 5.69 Å². The molecule has 1 amide bonds. The Labute approximate surface area is 111 Å². The van der Waals surface area contributed by atoms with Crippen molar-refractivity contribution in [3.05, 3.63) is 23.9 Å². The summed E-state index contributed by atoms with van der Waals surface area (Å²) in [6.45, 7) is 2.89. The van der Waals surface area contributed by atoms with Crippen LogP contribution < -0.4 is 5.73 Å². The predicted octanol–water partition coefficient (Wildman–Crippen LogP) is 1.63. The Morgan fingerprint density at radius 2 is 2.37 bits per heavy atom. The molecule has 0 aliphatic heterocycles. The second-order valence-electron chi connectivity index (χ2n) is 4.31. The van der Waals surface area contributed by atoms with Gasteiger partial charge in [-0.3, -0.25) is 9.89 Å². The molecular weight excluding hydrogens is 240 g/mol. The third-order valence-electron chi connectivity index (χ3n) is 2.85. The van der Waals surface area contributed by atoms with Crippen LogP contribution in [0, 0.1) is 12.3 Å². The molecule has 98 valence electrons. The highest BCUT2D eigenvalue weighted by molar-refractivity contribution is 6.05. The highest BCUT2D eigenvalue weighted by Gasteiger charge is 2.19. The van der Waals surface area contributed by atoms with Crippen molar-refractivity contribution in [1.29, 1.82) is 0 Å². The molecular formula is C14H16N4O. The normalized spacial score (nSPS) is 10.3. The Morgan fingerprint density at radius 3 is 3.05 bits per heavy atom. The Hall–Kier alpha value is -2.48. The van der Waals surface area contributed by atoms with E-state index in [4.69, 9.17) is 12.2 Å². The molecule has 5 heteroatoms. The number of hydrogen-bond acceptors (Lipinski definition) is 3. The Bertz CT molecular complexity index is 638. The summed E-state index contributed by atoms with van der Waals surface area (Å²) in [4.78, 5) is 14.0. The van der Waals surface area contributed by atoms with Gasteiger partial charge in [0.2, 0.25) is 0 Å². The summed E-state index contributed by atoms with van der Waals surface area (Å²) in [7, 11) is 0. The van der Waals surface area contributed by atoms with E-state index in [1.54, 1.807) is 23.1 Å². The molecule has 2 aromatic rings. The summed E-state index contributed by atoms with van der Waals surface area (Å²) in [5.74, 6) is 2.33. The molecule has 5 nitrogen and oxygen atoms in total. The van der Waals surface area contributed by atoms with Crippen molar-refractivity contribution in [2.24, 2.45) is 0 Å². The molecule has 3 N–H and O–H groups in total. The van der Waals surface area contributed by atoms with Gasteiger partial charge >= 0.3 is 0 Å². The van der Waals surface area contributed by atoms with Gasteiger partial charge in [-0.05, 0) is 24.6 Å². The van der Waals surface area contributed by atoms with E-state index in [9.17, 15) is 4.79 Å². The van der Waals surface area contributed by atoms with Crippen LogP contribution in [0.25, 0.3) is 10.9 Å². The van der Waals surface area contributed by atoms with E-state index in [1.165, 1.54) is 0 Å². The molecule has 1 heterocycles. The zero-order valence-electron chi connectivity index (χ0n) is 10.8. The van der Waals surface area contributed by atoms with Crippen LogP contribution in [0.3, 0.4) is 0 Å². The van der Waals surface area contributed by atoms with Gasteiger partial charge in [0, 0.05) is 17.6 Å². The van der Waals surface area contributed by atoms with Gasteiger partial charge in [-0.1, -0.05) is 12.8 Å². The molecule has 1 aromatic carbocycles. The third-order valence-corrected chi connectivity index (χ3v) is 2.85. The quantitative estimate of drug-likeness (QED) is 0.645. The van der Waals surface area contributed by atoms with Crippen molar-refractivity contribution in [3.63, 3.8) is 0 Å². The van der Waals surface area contributed by atoms with Crippen LogP contribution in [0.1, 0.15) is 23.8 Å². The van der Waals surface area contributed by atoms with E-state index >= 15 is 0 Å². The van der Waals surface area contributed by atoms with E-state index in [0.717, 1.165) is 17.3 Å². The molecule has 0 saturated heterocycles. The SMILES string of the molecule is C#CCN(CCC)C(=O)c1n[nH]c2ccc(N)cc12. The fraction of sp³-hybridized carbons (Fsp3) is 0.286. The standard InChI is InChI=1S/C14H16N4O/c1-3-7-18(8-4-2)14(19)13-11-9-10(15)5-6-12(11)16-17-13/h1,5-6,9H,4,7-8,15H2,2H3,(H,16,17). The maximum atomic E-state index is 12.4. The first kappa shape index (κ1) is 13.0. The first-order valence-corrected chi connectivity index (χ1v) is 6.13. The second-order valence-corrected chi connectivity index (χ2v) is 4.31. The Balaban J connectivity index is 2.40. The molecule has 0 fully saturated rings. The van der Waals surface area contributed by atoms with Crippen LogP contribution >= 0.6 is 0 Å². The lowest BCUT2D eigenvalue weighted by Gasteiger charge is -2.18. The number of carbonyl (C=O) groups excluding carboxylic acids is 1. The van der Waals surface area contributed by atoms with Crippen molar-refractivity contribution in [2.45, 2.75) is 13.3 Å². The predicted molar refractivity (Wildman–Crippen MR) is 75.5 cm³/mol. The number of fused-ring (bicyclic) bond motifs is 1. The van der Waals surface area contributed by atoms with E-state index < -0.39 is 0 Å². The van der Waals surface area contributed by atoms with Crippen LogP contribution in [-0.2, 0) is 0 Å². The third kappa shape index (κ3) is 2.52. The van der Waals surface area contributed by atoms with Crippen LogP contribution in [0.15, 0.2) is 18.2 Å². The van der Waals surface area contributed by atoms with Crippen molar-refractivity contribution in [2.75, 3.05) is 18.8 Å². The molecule has 0 aliphatic carbocycles. The number of rotatable bonds is 4. The zero-order valence-corrected chi connectivity index (χ0v) is 10.8. The molecule has 0 saturated carbocycles. The number of nitrogens with two attached hydrogens (primary N) is 1. The minimum atomic E-state index is -0.170. The van der Waals surface area contributed by atoms with Crippen LogP contribution in [-0.4, -0.2) is 34.1 Å². The zero-order chi connectivity index (χ0) is 13.8. The lowest BCUT2D eigenvalue weighted by atomic mass is 10.1. The number of benzene rings is 1. The van der Waals surface area contributed by atoms with Crippen LogP contribution in [0.4, 0.5) is 5.69 Å². The number of nitrogen functional groups attached to an aromatic ring is 1. The summed E-state index contributed by atoms with van der Waals surface area (Å²) >= 11 is 0. The number of nitrogens with zero attached hydrogens (tertiary/aromatic N) is 2. The van der Waals surface area contributed by atoms with Gasteiger partial charge in [-0.25, -0.2) is 0 Å². The molecule has 0 aliphatic rings. The van der Waals surface area contributed by atoms with E-state index in [2.05, 4.69) is 16.1 Å². The number of hydrogen-bond donors (Lipinski definition) is 2. The molecule has 0 radical (unpaired) electrons. The second kappa shape index (κ2) is 5.44. The number of anilines is 1. The van der Waals surface area contributed by atoms with Gasteiger partial charge in [0.05, 0.1) is 12.1 Å². The topological polar surface area (TPSA) is 75.0 Å². The summed E-state index contributed by atoms with van der Waals surface area (Å²) in [6, 6.07) is 5.31. The van der Waals surface area contributed by atoms with Crippen molar-refractivity contribution >= 4 is 22.5 Å². The molecule has 19 heavy (non-hydrogen) atoms. The highest BCUT2D eigenvalue weighted by Crippen LogP contribution is 2.20. The summed E-state index contributed by atoms with van der Waals surface area (Å²) in [6.07, 6.45) is 6.14. The van der Waals surface area contributed by atoms with Gasteiger partial charge < -0.3 is 10.6 Å². The number of nitrogens with one attached hydrogen (secondary N) is 1. The minimum Gasteiger partial charge on any atom is -0.399 e. The number of amides is 1. The first-order valence-electron chi connectivity index (χ1n) is 6.13. The van der Waals surface area contributed by atoms with E-state index in [1.807, 2.05) is 6.92 Å². The molecule has 0 atom stereocenters. The molecule has 2 rings (SSSR count). The van der Waals surface area contributed by atoms with Crippen molar-refractivity contribution < 1.29 is 4.79 Å². The monoisotopic (exact) mass is 256 g/mol. The van der Waals surface area contributed by atoms with Crippen molar-refractivity contribution in [1.82, 2.24) is 15.1 Å². The average molecular weight is 256 g/mol. The average Bonchev–Trinajstić information content (AvgIpc) is 2.80. The molecule has 0 spiro atoms. The van der Waals surface area contributed by atoms with Gasteiger partial charge in [0.1, 0.15) is 0 Å². The fourth-order valence-electron chi connectivity index (χ4n) is 1.98. The maximum absolute atomic E-state index is 12.4. The number of aromatic amines is 1. The van der Waals surface area contributed by atoms with Crippen LogP contribution in [0.5, 0.6) is 0 Å². The lowest BCUT2D eigenvalue weighted by molar-refractivity contribution is 0.0773.